The number of pyridine rings is 1. The molecule has 2 aromatic rings. The summed E-state index contributed by atoms with van der Waals surface area (Å²) in [5, 5.41) is 13.2. The van der Waals surface area contributed by atoms with Crippen molar-refractivity contribution in [3.05, 3.63) is 53.9 Å². The molecule has 0 bridgehead atoms. The molecule has 0 spiro atoms. The lowest BCUT2D eigenvalue weighted by Gasteiger charge is -2.15. The molecular weight excluding hydrogens is 240 g/mol. The van der Waals surface area contributed by atoms with Crippen molar-refractivity contribution in [2.24, 2.45) is 0 Å². The van der Waals surface area contributed by atoms with Gasteiger partial charge < -0.3 is 15.2 Å². The Kier molecular flexibility index (Phi) is 4.36. The average Bonchev–Trinajstić information content (AvgIpc) is 2.47. The highest BCUT2D eigenvalue weighted by atomic mass is 16.5. The van der Waals surface area contributed by atoms with E-state index in [4.69, 9.17) is 4.74 Å². The Morgan fingerprint density at radius 3 is 2.89 bits per heavy atom. The van der Waals surface area contributed by atoms with Crippen LogP contribution in [0.2, 0.25) is 0 Å². The van der Waals surface area contributed by atoms with Gasteiger partial charge in [0.05, 0.1) is 7.11 Å². The molecule has 4 nitrogen and oxygen atoms in total. The number of aromatic nitrogens is 1. The molecule has 4 heteroatoms. The number of benzene rings is 1. The molecule has 0 aliphatic rings. The van der Waals surface area contributed by atoms with Crippen molar-refractivity contribution in [2.45, 2.75) is 19.5 Å². The molecule has 2 rings (SSSR count). The number of hydrogen-bond acceptors (Lipinski definition) is 4. The summed E-state index contributed by atoms with van der Waals surface area (Å²) in [6, 6.07) is 9.32. The largest absolute Gasteiger partial charge is 0.508 e. The number of aromatic hydroxyl groups is 1. The van der Waals surface area contributed by atoms with Gasteiger partial charge >= 0.3 is 0 Å². The number of phenolic OH excluding ortho intramolecular Hbond substituents is 1. The number of methoxy groups -OCH3 is 1. The summed E-state index contributed by atoms with van der Waals surface area (Å²) in [7, 11) is 1.61. The minimum absolute atomic E-state index is 0.166. The topological polar surface area (TPSA) is 54.4 Å². The van der Waals surface area contributed by atoms with Gasteiger partial charge in [0.2, 0.25) is 0 Å². The molecule has 100 valence electrons. The maximum atomic E-state index is 9.81. The van der Waals surface area contributed by atoms with Gasteiger partial charge in [0.15, 0.2) is 0 Å². The molecule has 0 saturated heterocycles. The predicted molar refractivity (Wildman–Crippen MR) is 74.2 cm³/mol. The van der Waals surface area contributed by atoms with Crippen molar-refractivity contribution < 1.29 is 9.84 Å². The van der Waals surface area contributed by atoms with Gasteiger partial charge in [-0.15, -0.1) is 0 Å². The standard InChI is InChI=1S/C15H18N2O2/c1-11(12-4-3-7-16-9-12)17-10-13-8-14(19-2)5-6-15(13)18/h3-9,11,17-18H,10H2,1-2H3/t11-/m0/s1. The smallest absolute Gasteiger partial charge is 0.120 e. The van der Waals surface area contributed by atoms with Crippen molar-refractivity contribution in [3.8, 4) is 11.5 Å². The van der Waals surface area contributed by atoms with E-state index in [2.05, 4.69) is 17.2 Å². The van der Waals surface area contributed by atoms with E-state index in [1.165, 1.54) is 0 Å². The van der Waals surface area contributed by atoms with Gasteiger partial charge in [-0.25, -0.2) is 0 Å². The SMILES string of the molecule is COc1ccc(O)c(CN[C@@H](C)c2cccnc2)c1. The highest BCUT2D eigenvalue weighted by molar-refractivity contribution is 5.39. The fourth-order valence-corrected chi connectivity index (χ4v) is 1.84. The first kappa shape index (κ1) is 13.4. The first-order valence-electron chi connectivity index (χ1n) is 6.20. The van der Waals surface area contributed by atoms with Crippen LogP contribution in [0.3, 0.4) is 0 Å². The van der Waals surface area contributed by atoms with Crippen LogP contribution in [0.25, 0.3) is 0 Å². The second kappa shape index (κ2) is 6.20. The first-order valence-corrected chi connectivity index (χ1v) is 6.20. The van der Waals surface area contributed by atoms with Gasteiger partial charge in [-0.05, 0) is 36.8 Å². The monoisotopic (exact) mass is 258 g/mol. The van der Waals surface area contributed by atoms with E-state index in [0.717, 1.165) is 16.9 Å². The zero-order valence-electron chi connectivity index (χ0n) is 11.1. The minimum Gasteiger partial charge on any atom is -0.508 e. The normalized spacial score (nSPS) is 12.1. The lowest BCUT2D eigenvalue weighted by Crippen LogP contribution is -2.18. The van der Waals surface area contributed by atoms with Crippen LogP contribution in [0, 0.1) is 0 Å². The van der Waals surface area contributed by atoms with Gasteiger partial charge in [-0.2, -0.15) is 0 Å². The Labute approximate surface area is 113 Å². The van der Waals surface area contributed by atoms with Crippen LogP contribution in [0.15, 0.2) is 42.7 Å². The Balaban J connectivity index is 2.02. The molecule has 1 heterocycles. The van der Waals surface area contributed by atoms with Crippen LogP contribution >= 0.6 is 0 Å². The van der Waals surface area contributed by atoms with E-state index in [0.29, 0.717) is 6.54 Å². The molecule has 0 saturated carbocycles. The van der Waals surface area contributed by atoms with E-state index >= 15 is 0 Å². The highest BCUT2D eigenvalue weighted by Gasteiger charge is 2.07. The Morgan fingerprint density at radius 2 is 2.21 bits per heavy atom. The lowest BCUT2D eigenvalue weighted by atomic mass is 10.1. The number of ether oxygens (including phenoxy) is 1. The van der Waals surface area contributed by atoms with Crippen molar-refractivity contribution in [1.29, 1.82) is 0 Å². The van der Waals surface area contributed by atoms with Crippen LogP contribution in [-0.2, 0) is 6.54 Å². The molecule has 19 heavy (non-hydrogen) atoms. The van der Waals surface area contributed by atoms with Gasteiger partial charge in [-0.3, -0.25) is 4.98 Å². The lowest BCUT2D eigenvalue weighted by molar-refractivity contribution is 0.409. The summed E-state index contributed by atoms with van der Waals surface area (Å²) in [4.78, 5) is 4.10. The van der Waals surface area contributed by atoms with Crippen LogP contribution in [0.1, 0.15) is 24.1 Å². The van der Waals surface area contributed by atoms with Gasteiger partial charge in [0.1, 0.15) is 11.5 Å². The number of hydrogen-bond donors (Lipinski definition) is 2. The van der Waals surface area contributed by atoms with Crippen LogP contribution in [-0.4, -0.2) is 17.2 Å². The summed E-state index contributed by atoms with van der Waals surface area (Å²) in [5.74, 6) is 1.01. The molecule has 0 unspecified atom stereocenters. The molecule has 0 aliphatic heterocycles. The summed E-state index contributed by atoms with van der Waals surface area (Å²) < 4.78 is 5.15. The molecule has 1 atom stereocenters. The fraction of sp³-hybridized carbons (Fsp3) is 0.267. The number of nitrogens with one attached hydrogen (secondary N) is 1. The quantitative estimate of drug-likeness (QED) is 0.865. The number of nitrogens with zero attached hydrogens (tertiary/aromatic N) is 1. The summed E-state index contributed by atoms with van der Waals surface area (Å²) >= 11 is 0. The van der Waals surface area contributed by atoms with Gasteiger partial charge in [0.25, 0.3) is 0 Å². The zero-order valence-corrected chi connectivity index (χ0v) is 11.1. The van der Waals surface area contributed by atoms with Gasteiger partial charge in [-0.1, -0.05) is 6.07 Å². The molecule has 0 fully saturated rings. The number of phenols is 1. The Morgan fingerprint density at radius 1 is 1.37 bits per heavy atom. The van der Waals surface area contributed by atoms with E-state index in [1.54, 1.807) is 25.4 Å². The molecule has 1 aromatic carbocycles. The summed E-state index contributed by atoms with van der Waals surface area (Å²) in [6.45, 7) is 2.63. The van der Waals surface area contributed by atoms with Crippen LogP contribution < -0.4 is 10.1 Å². The molecule has 2 N–H and O–H groups in total. The molecule has 1 aromatic heterocycles. The van der Waals surface area contributed by atoms with Crippen LogP contribution in [0.4, 0.5) is 0 Å². The average molecular weight is 258 g/mol. The molecule has 0 radical (unpaired) electrons. The zero-order chi connectivity index (χ0) is 13.7. The molecule has 0 aliphatic carbocycles. The predicted octanol–water partition coefficient (Wildman–Crippen LogP) is 2.65. The summed E-state index contributed by atoms with van der Waals surface area (Å²) in [5.41, 5.74) is 1.93. The van der Waals surface area contributed by atoms with E-state index in [-0.39, 0.29) is 11.8 Å². The van der Waals surface area contributed by atoms with Crippen molar-refractivity contribution in [1.82, 2.24) is 10.3 Å². The van der Waals surface area contributed by atoms with Crippen LogP contribution in [0.5, 0.6) is 11.5 Å². The van der Waals surface area contributed by atoms with E-state index < -0.39 is 0 Å². The molecule has 0 amide bonds. The second-order valence-electron chi connectivity index (χ2n) is 4.38. The van der Waals surface area contributed by atoms with Crippen molar-refractivity contribution in [2.75, 3.05) is 7.11 Å². The van der Waals surface area contributed by atoms with Crippen molar-refractivity contribution >= 4 is 0 Å². The third kappa shape index (κ3) is 3.45. The number of rotatable bonds is 5. The maximum Gasteiger partial charge on any atom is 0.120 e. The van der Waals surface area contributed by atoms with Crippen molar-refractivity contribution in [3.63, 3.8) is 0 Å². The fourth-order valence-electron chi connectivity index (χ4n) is 1.84. The summed E-state index contributed by atoms with van der Waals surface area (Å²) in [6.07, 6.45) is 3.59. The first-order chi connectivity index (χ1) is 9.20. The third-order valence-corrected chi connectivity index (χ3v) is 3.07. The van der Waals surface area contributed by atoms with E-state index in [1.807, 2.05) is 24.4 Å². The van der Waals surface area contributed by atoms with E-state index in [9.17, 15) is 5.11 Å². The third-order valence-electron chi connectivity index (χ3n) is 3.07. The second-order valence-corrected chi connectivity index (χ2v) is 4.38. The molecular formula is C15H18N2O2. The Bertz CT molecular complexity index is 529. The minimum atomic E-state index is 0.166. The Hall–Kier alpha value is -2.07. The maximum absolute atomic E-state index is 9.81. The van der Waals surface area contributed by atoms with Gasteiger partial charge in [0, 0.05) is 30.5 Å². The highest BCUT2D eigenvalue weighted by Crippen LogP contribution is 2.23.